The number of ether oxygens (including phenoxy) is 4. The predicted molar refractivity (Wildman–Crippen MR) is 145 cm³/mol. The third-order valence-corrected chi connectivity index (χ3v) is 6.32. The van der Waals surface area contributed by atoms with E-state index in [0.717, 1.165) is 0 Å². The standard InChI is InChI=1S/C28H34N4O7/c1-4-37-23(38-5-2)7-6-12-29-26(33)17-8-11-21-20(15-17)24(27(34)30-21)25-19-10-9-18(39-14-13-36-3)16-22(19)31-28(35)32-25/h8-11,15-16,23-24H,4-7,12-14H2,1-3H3,(H,29,33)(H,30,34)(H,31,32,35). The van der Waals surface area contributed by atoms with Gasteiger partial charge in [-0.15, -0.1) is 0 Å². The van der Waals surface area contributed by atoms with Crippen LogP contribution in [0.15, 0.2) is 41.2 Å². The van der Waals surface area contributed by atoms with Gasteiger partial charge in [0.1, 0.15) is 18.3 Å². The van der Waals surface area contributed by atoms with Crippen molar-refractivity contribution in [1.29, 1.82) is 0 Å². The minimum absolute atomic E-state index is 0.258. The summed E-state index contributed by atoms with van der Waals surface area (Å²) < 4.78 is 21.7. The molecule has 0 aliphatic carbocycles. The second-order valence-electron chi connectivity index (χ2n) is 8.94. The summed E-state index contributed by atoms with van der Waals surface area (Å²) in [5.41, 5.74) is 1.82. The average molecular weight is 539 g/mol. The highest BCUT2D eigenvalue weighted by Gasteiger charge is 2.35. The van der Waals surface area contributed by atoms with E-state index < -0.39 is 11.6 Å². The number of carbonyl (C=O) groups excluding carboxylic acids is 2. The molecule has 1 atom stereocenters. The first-order valence-corrected chi connectivity index (χ1v) is 13.1. The summed E-state index contributed by atoms with van der Waals surface area (Å²) in [6.07, 6.45) is 1.06. The first-order valence-electron chi connectivity index (χ1n) is 13.1. The van der Waals surface area contributed by atoms with E-state index in [0.29, 0.717) is 85.0 Å². The molecule has 3 aromatic rings. The third-order valence-electron chi connectivity index (χ3n) is 6.32. The lowest BCUT2D eigenvalue weighted by Gasteiger charge is -2.17. The fourth-order valence-electron chi connectivity index (χ4n) is 4.56. The Bertz CT molecular complexity index is 1370. The summed E-state index contributed by atoms with van der Waals surface area (Å²) in [4.78, 5) is 45.3. The predicted octanol–water partition coefficient (Wildman–Crippen LogP) is 2.94. The van der Waals surface area contributed by atoms with Crippen LogP contribution in [-0.4, -0.2) is 68.2 Å². The van der Waals surface area contributed by atoms with Crippen LogP contribution >= 0.6 is 0 Å². The quantitative estimate of drug-likeness (QED) is 0.210. The molecule has 1 aliphatic rings. The number of hydrogen-bond acceptors (Lipinski definition) is 8. The van der Waals surface area contributed by atoms with Crippen LogP contribution in [0.3, 0.4) is 0 Å². The molecule has 2 amide bonds. The molecule has 4 rings (SSSR count). The molecule has 208 valence electrons. The summed E-state index contributed by atoms with van der Waals surface area (Å²) in [5, 5.41) is 6.37. The van der Waals surface area contributed by atoms with E-state index in [1.807, 2.05) is 13.8 Å². The van der Waals surface area contributed by atoms with Crippen molar-refractivity contribution in [3.8, 4) is 5.75 Å². The van der Waals surface area contributed by atoms with Crippen LogP contribution in [0.25, 0.3) is 10.9 Å². The molecule has 1 unspecified atom stereocenters. The number of benzene rings is 2. The molecule has 1 aromatic heterocycles. The Kier molecular flexibility index (Phi) is 9.64. The van der Waals surface area contributed by atoms with Crippen molar-refractivity contribution < 1.29 is 28.5 Å². The maximum absolute atomic E-state index is 13.1. The number of nitrogens with zero attached hydrogens (tertiary/aromatic N) is 1. The van der Waals surface area contributed by atoms with Gasteiger partial charge in [0, 0.05) is 61.7 Å². The Labute approximate surface area is 226 Å². The molecule has 3 N–H and O–H groups in total. The number of fused-ring (bicyclic) bond motifs is 2. The van der Waals surface area contributed by atoms with E-state index in [1.165, 1.54) is 0 Å². The van der Waals surface area contributed by atoms with Gasteiger partial charge in [-0.05, 0) is 56.2 Å². The molecule has 11 heteroatoms. The summed E-state index contributed by atoms with van der Waals surface area (Å²) >= 11 is 0. The number of aromatic amines is 1. The lowest BCUT2D eigenvalue weighted by Crippen LogP contribution is -2.26. The highest BCUT2D eigenvalue weighted by atomic mass is 16.7. The molecule has 0 radical (unpaired) electrons. The van der Waals surface area contributed by atoms with Crippen LogP contribution in [0.1, 0.15) is 54.2 Å². The van der Waals surface area contributed by atoms with Crippen molar-refractivity contribution in [3.63, 3.8) is 0 Å². The van der Waals surface area contributed by atoms with E-state index in [-0.39, 0.29) is 18.1 Å². The molecule has 2 aromatic carbocycles. The molecule has 39 heavy (non-hydrogen) atoms. The highest BCUT2D eigenvalue weighted by molar-refractivity contribution is 6.08. The Hall–Kier alpha value is -3.80. The summed E-state index contributed by atoms with van der Waals surface area (Å²) in [6, 6.07) is 10.2. The second kappa shape index (κ2) is 13.3. The lowest BCUT2D eigenvalue weighted by atomic mass is 9.92. The van der Waals surface area contributed by atoms with Crippen molar-refractivity contribution in [2.24, 2.45) is 0 Å². The van der Waals surface area contributed by atoms with Crippen LogP contribution in [0.2, 0.25) is 0 Å². The topological polar surface area (TPSA) is 141 Å². The third kappa shape index (κ3) is 6.80. The molecular formula is C28H34N4O7. The fraction of sp³-hybridized carbons (Fsp3) is 0.429. The fourth-order valence-corrected chi connectivity index (χ4v) is 4.56. The largest absolute Gasteiger partial charge is 0.491 e. The van der Waals surface area contributed by atoms with Gasteiger partial charge in [-0.1, -0.05) is 0 Å². The first-order chi connectivity index (χ1) is 18.9. The second-order valence-corrected chi connectivity index (χ2v) is 8.94. The molecule has 1 aliphatic heterocycles. The van der Waals surface area contributed by atoms with E-state index in [1.54, 1.807) is 43.5 Å². The van der Waals surface area contributed by atoms with Crippen LogP contribution in [0, 0.1) is 0 Å². The molecule has 11 nitrogen and oxygen atoms in total. The van der Waals surface area contributed by atoms with Gasteiger partial charge in [-0.25, -0.2) is 4.79 Å². The molecule has 0 spiro atoms. The number of hydrogen-bond donors (Lipinski definition) is 3. The Balaban J connectivity index is 1.53. The highest BCUT2D eigenvalue weighted by Crippen LogP contribution is 2.39. The van der Waals surface area contributed by atoms with Gasteiger partial charge in [-0.3, -0.25) is 9.59 Å². The van der Waals surface area contributed by atoms with Crippen LogP contribution in [-0.2, 0) is 19.0 Å². The SMILES string of the molecule is CCOC(CCCNC(=O)c1ccc2c(c1)C(c1[nH]c(=O)nc3cc(OCCOC)ccc13)C(=O)N2)OCC. The monoisotopic (exact) mass is 538 g/mol. The van der Waals surface area contributed by atoms with Crippen molar-refractivity contribution in [2.45, 2.75) is 38.9 Å². The molecule has 0 fully saturated rings. The molecular weight excluding hydrogens is 504 g/mol. The number of anilines is 1. The van der Waals surface area contributed by atoms with E-state index >= 15 is 0 Å². The van der Waals surface area contributed by atoms with Gasteiger partial charge in [0.15, 0.2) is 6.29 Å². The van der Waals surface area contributed by atoms with E-state index in [2.05, 4.69) is 20.6 Å². The van der Waals surface area contributed by atoms with Crippen molar-refractivity contribution in [1.82, 2.24) is 15.3 Å². The van der Waals surface area contributed by atoms with Crippen LogP contribution in [0.4, 0.5) is 5.69 Å². The molecule has 2 heterocycles. The number of methoxy groups -OCH3 is 1. The maximum atomic E-state index is 13.1. The van der Waals surface area contributed by atoms with Crippen molar-refractivity contribution in [3.05, 3.63) is 63.7 Å². The molecule has 0 bridgehead atoms. The van der Waals surface area contributed by atoms with Gasteiger partial charge in [0.05, 0.1) is 12.1 Å². The Morgan fingerprint density at radius 1 is 1.08 bits per heavy atom. The molecule has 0 saturated heterocycles. The van der Waals surface area contributed by atoms with Crippen LogP contribution in [0.5, 0.6) is 5.75 Å². The van der Waals surface area contributed by atoms with Crippen molar-refractivity contribution in [2.75, 3.05) is 45.4 Å². The first kappa shape index (κ1) is 28.2. The Morgan fingerprint density at radius 2 is 1.87 bits per heavy atom. The van der Waals surface area contributed by atoms with Crippen LogP contribution < -0.4 is 21.1 Å². The van der Waals surface area contributed by atoms with Gasteiger partial charge >= 0.3 is 5.69 Å². The zero-order valence-corrected chi connectivity index (χ0v) is 22.4. The minimum Gasteiger partial charge on any atom is -0.491 e. The zero-order valence-electron chi connectivity index (χ0n) is 22.4. The van der Waals surface area contributed by atoms with Gasteiger partial charge in [0.25, 0.3) is 5.91 Å². The number of H-pyrrole nitrogens is 1. The summed E-state index contributed by atoms with van der Waals surface area (Å²) in [7, 11) is 1.58. The number of nitrogens with one attached hydrogen (secondary N) is 3. The minimum atomic E-state index is -0.815. The van der Waals surface area contributed by atoms with E-state index in [9.17, 15) is 14.4 Å². The summed E-state index contributed by atoms with van der Waals surface area (Å²) in [5.74, 6) is -0.841. The maximum Gasteiger partial charge on any atom is 0.345 e. The average Bonchev–Trinajstić information content (AvgIpc) is 3.25. The summed E-state index contributed by atoms with van der Waals surface area (Å²) in [6.45, 7) is 6.15. The normalized spacial score (nSPS) is 14.5. The van der Waals surface area contributed by atoms with Crippen molar-refractivity contribution >= 4 is 28.4 Å². The smallest absolute Gasteiger partial charge is 0.345 e. The molecule has 0 saturated carbocycles. The number of aromatic nitrogens is 2. The van der Waals surface area contributed by atoms with E-state index in [4.69, 9.17) is 18.9 Å². The zero-order chi connectivity index (χ0) is 27.8. The number of carbonyl (C=O) groups is 2. The number of rotatable bonds is 14. The Morgan fingerprint density at radius 3 is 2.62 bits per heavy atom. The van der Waals surface area contributed by atoms with Gasteiger partial charge < -0.3 is 34.6 Å². The van der Waals surface area contributed by atoms with Gasteiger partial charge in [0.2, 0.25) is 5.91 Å². The number of amides is 2. The van der Waals surface area contributed by atoms with Gasteiger partial charge in [-0.2, -0.15) is 4.98 Å². The lowest BCUT2D eigenvalue weighted by molar-refractivity contribution is -0.139.